The minimum Gasteiger partial charge on any atom is -0.495 e. The number of ether oxygens (including phenoxy) is 1. The Morgan fingerprint density at radius 2 is 1.58 bits per heavy atom. The minimum atomic E-state index is -0.478. The van der Waals surface area contributed by atoms with Gasteiger partial charge in [-0.1, -0.05) is 74.0 Å². The van der Waals surface area contributed by atoms with E-state index in [1.807, 2.05) is 36.4 Å². The number of rotatable bonds is 11. The summed E-state index contributed by atoms with van der Waals surface area (Å²) in [5, 5.41) is 8.85. The number of carbonyl (C=O) groups is 3. The summed E-state index contributed by atoms with van der Waals surface area (Å²) >= 11 is 7.46. The molecule has 0 aromatic heterocycles. The molecule has 3 amide bonds. The van der Waals surface area contributed by atoms with Gasteiger partial charge in [-0.2, -0.15) is 0 Å². The predicted octanol–water partition coefficient (Wildman–Crippen LogP) is 7.61. The Morgan fingerprint density at radius 1 is 0.860 bits per heavy atom. The fourth-order valence-electron chi connectivity index (χ4n) is 4.04. The van der Waals surface area contributed by atoms with Crippen molar-refractivity contribution in [2.45, 2.75) is 24.7 Å². The molecule has 0 spiro atoms. The lowest BCUT2D eigenvalue weighted by molar-refractivity contribution is -0.114. The van der Waals surface area contributed by atoms with E-state index in [-0.39, 0.29) is 17.4 Å². The molecule has 0 fully saturated rings. The molecule has 0 saturated heterocycles. The Bertz CT molecular complexity index is 1620. The summed E-state index contributed by atoms with van der Waals surface area (Å²) < 4.78 is 5.14. The van der Waals surface area contributed by atoms with Crippen LogP contribution >= 0.6 is 23.4 Å². The molecule has 4 aromatic carbocycles. The summed E-state index contributed by atoms with van der Waals surface area (Å²) in [5.41, 5.74) is 3.57. The Labute approximate surface area is 260 Å². The maximum Gasteiger partial charge on any atom is 0.272 e. The smallest absolute Gasteiger partial charge is 0.272 e. The SMILES string of the molecule is COc1ccc(NC(=O)CSc2cccc(NC(=O)/C(=C\c3ccc(C(C)C)cc3)NC(=O)c3ccccc3)c2)cc1Cl. The largest absolute Gasteiger partial charge is 0.495 e. The van der Waals surface area contributed by atoms with Gasteiger partial charge in [-0.25, -0.2) is 0 Å². The first kappa shape index (κ1) is 31.4. The quantitative estimate of drug-likeness (QED) is 0.119. The van der Waals surface area contributed by atoms with Gasteiger partial charge in [0.15, 0.2) is 0 Å². The van der Waals surface area contributed by atoms with E-state index in [4.69, 9.17) is 16.3 Å². The van der Waals surface area contributed by atoms with E-state index in [9.17, 15) is 14.4 Å². The number of thioether (sulfide) groups is 1. The van der Waals surface area contributed by atoms with Crippen LogP contribution in [-0.4, -0.2) is 30.6 Å². The molecule has 0 atom stereocenters. The molecule has 4 rings (SSSR count). The number of halogens is 1. The van der Waals surface area contributed by atoms with Gasteiger partial charge in [0.1, 0.15) is 11.4 Å². The molecule has 220 valence electrons. The number of amides is 3. The number of carbonyl (C=O) groups excluding carboxylic acids is 3. The van der Waals surface area contributed by atoms with Crippen molar-refractivity contribution in [2.24, 2.45) is 0 Å². The van der Waals surface area contributed by atoms with Crippen molar-refractivity contribution in [2.75, 3.05) is 23.5 Å². The molecule has 0 unspecified atom stereocenters. The predicted molar refractivity (Wildman–Crippen MR) is 175 cm³/mol. The van der Waals surface area contributed by atoms with Crippen molar-refractivity contribution in [3.63, 3.8) is 0 Å². The monoisotopic (exact) mass is 613 g/mol. The summed E-state index contributed by atoms with van der Waals surface area (Å²) in [6, 6.07) is 28.7. The van der Waals surface area contributed by atoms with Gasteiger partial charge in [0.2, 0.25) is 5.91 Å². The molecular formula is C34H32ClN3O4S. The topological polar surface area (TPSA) is 96.5 Å². The highest BCUT2D eigenvalue weighted by atomic mass is 35.5. The highest BCUT2D eigenvalue weighted by Crippen LogP contribution is 2.28. The third-order valence-electron chi connectivity index (χ3n) is 6.34. The summed E-state index contributed by atoms with van der Waals surface area (Å²) in [6.07, 6.45) is 1.65. The van der Waals surface area contributed by atoms with Gasteiger partial charge < -0.3 is 20.7 Å². The van der Waals surface area contributed by atoms with Crippen molar-refractivity contribution in [1.82, 2.24) is 5.32 Å². The van der Waals surface area contributed by atoms with Gasteiger partial charge in [0.05, 0.1) is 17.9 Å². The molecule has 0 radical (unpaired) electrons. The lowest BCUT2D eigenvalue weighted by Crippen LogP contribution is -2.30. The van der Waals surface area contributed by atoms with E-state index in [1.165, 1.54) is 24.4 Å². The van der Waals surface area contributed by atoms with Crippen LogP contribution in [0.2, 0.25) is 5.02 Å². The molecular weight excluding hydrogens is 582 g/mol. The summed E-state index contributed by atoms with van der Waals surface area (Å²) in [6.45, 7) is 4.22. The van der Waals surface area contributed by atoms with Crippen LogP contribution in [0.1, 0.15) is 41.3 Å². The summed E-state index contributed by atoms with van der Waals surface area (Å²) in [5.74, 6) is -0.0443. The second-order valence-electron chi connectivity index (χ2n) is 9.87. The molecule has 0 bridgehead atoms. The van der Waals surface area contributed by atoms with Crippen molar-refractivity contribution in [3.8, 4) is 5.75 Å². The van der Waals surface area contributed by atoms with Crippen LogP contribution in [0.4, 0.5) is 11.4 Å². The van der Waals surface area contributed by atoms with E-state index in [2.05, 4.69) is 29.8 Å². The standard InChI is InChI=1S/C34H32ClN3O4S/c1-22(2)24-14-12-23(13-15-24)18-30(38-33(40)25-8-5-4-6-9-25)34(41)37-26-10-7-11-28(19-26)43-21-32(39)36-27-16-17-31(42-3)29(35)20-27/h4-20,22H,21H2,1-3H3,(H,36,39)(H,37,41)(H,38,40)/b30-18+. The van der Waals surface area contributed by atoms with Gasteiger partial charge in [-0.05, 0) is 71.7 Å². The van der Waals surface area contributed by atoms with E-state index >= 15 is 0 Å². The van der Waals surface area contributed by atoms with Crippen LogP contribution < -0.4 is 20.7 Å². The van der Waals surface area contributed by atoms with Crippen LogP contribution in [0.3, 0.4) is 0 Å². The average molecular weight is 614 g/mol. The molecule has 0 aliphatic rings. The van der Waals surface area contributed by atoms with Crippen molar-refractivity contribution in [1.29, 1.82) is 0 Å². The number of nitrogens with one attached hydrogen (secondary N) is 3. The average Bonchev–Trinajstić information content (AvgIpc) is 3.00. The summed E-state index contributed by atoms with van der Waals surface area (Å²) in [4.78, 5) is 39.7. The first-order valence-electron chi connectivity index (χ1n) is 13.6. The molecule has 9 heteroatoms. The zero-order valence-electron chi connectivity index (χ0n) is 24.0. The Kier molecular flexibility index (Phi) is 11.0. The molecule has 43 heavy (non-hydrogen) atoms. The highest BCUT2D eigenvalue weighted by Gasteiger charge is 2.16. The number of hydrogen-bond acceptors (Lipinski definition) is 5. The number of benzene rings is 4. The Hall–Kier alpha value is -4.53. The molecule has 0 heterocycles. The van der Waals surface area contributed by atoms with Crippen LogP contribution in [0.15, 0.2) is 108 Å². The van der Waals surface area contributed by atoms with Crippen molar-refractivity contribution >= 4 is 58.5 Å². The van der Waals surface area contributed by atoms with Crippen LogP contribution in [0, 0.1) is 0 Å². The third-order valence-corrected chi connectivity index (χ3v) is 7.63. The zero-order valence-corrected chi connectivity index (χ0v) is 25.6. The van der Waals surface area contributed by atoms with Gasteiger partial charge in [-0.15, -0.1) is 11.8 Å². The van der Waals surface area contributed by atoms with Gasteiger partial charge in [-0.3, -0.25) is 14.4 Å². The number of hydrogen-bond donors (Lipinski definition) is 3. The van der Waals surface area contributed by atoms with Crippen LogP contribution in [0.5, 0.6) is 5.75 Å². The summed E-state index contributed by atoms with van der Waals surface area (Å²) in [7, 11) is 1.52. The van der Waals surface area contributed by atoms with Gasteiger partial charge in [0.25, 0.3) is 11.8 Å². The number of methoxy groups -OCH3 is 1. The normalized spacial score (nSPS) is 11.1. The van der Waals surface area contributed by atoms with Crippen molar-refractivity contribution in [3.05, 3.63) is 124 Å². The van der Waals surface area contributed by atoms with Crippen LogP contribution in [0.25, 0.3) is 6.08 Å². The van der Waals surface area contributed by atoms with Gasteiger partial charge >= 0.3 is 0 Å². The number of anilines is 2. The van der Waals surface area contributed by atoms with Gasteiger partial charge in [0, 0.05) is 21.8 Å². The molecule has 3 N–H and O–H groups in total. The van der Waals surface area contributed by atoms with Crippen LogP contribution in [-0.2, 0) is 9.59 Å². The lowest BCUT2D eigenvalue weighted by Gasteiger charge is -2.13. The fourth-order valence-corrected chi connectivity index (χ4v) is 5.05. The maximum atomic E-state index is 13.4. The van der Waals surface area contributed by atoms with E-state index in [0.29, 0.717) is 33.6 Å². The van der Waals surface area contributed by atoms with E-state index < -0.39 is 11.8 Å². The first-order valence-corrected chi connectivity index (χ1v) is 14.9. The maximum absolute atomic E-state index is 13.4. The second kappa shape index (κ2) is 15.1. The first-order chi connectivity index (χ1) is 20.7. The second-order valence-corrected chi connectivity index (χ2v) is 11.3. The molecule has 0 saturated carbocycles. The molecule has 7 nitrogen and oxygen atoms in total. The minimum absolute atomic E-state index is 0.0988. The Morgan fingerprint density at radius 3 is 2.26 bits per heavy atom. The Balaban J connectivity index is 1.45. The molecule has 0 aliphatic heterocycles. The zero-order chi connectivity index (χ0) is 30.8. The lowest BCUT2D eigenvalue weighted by atomic mass is 10.0. The van der Waals surface area contributed by atoms with Crippen molar-refractivity contribution < 1.29 is 19.1 Å². The third kappa shape index (κ3) is 9.23. The molecule has 4 aromatic rings. The molecule has 0 aliphatic carbocycles. The van der Waals surface area contributed by atoms with E-state index in [1.54, 1.807) is 66.7 Å². The van der Waals surface area contributed by atoms with E-state index in [0.717, 1.165) is 10.5 Å². The fraction of sp³-hybridized carbons (Fsp3) is 0.147. The highest BCUT2D eigenvalue weighted by molar-refractivity contribution is 8.00.